The number of alkyl halides is 1. The van der Waals surface area contributed by atoms with Crippen LogP contribution in [0.4, 0.5) is 0 Å². The first-order valence-electron chi connectivity index (χ1n) is 10.6. The summed E-state index contributed by atoms with van der Waals surface area (Å²) in [7, 11) is 3.43. The smallest absolute Gasteiger partial charge is 0.118 e. The van der Waals surface area contributed by atoms with Crippen molar-refractivity contribution >= 4 is 11.6 Å². The number of methoxy groups -OCH3 is 2. The molecule has 0 aromatic heterocycles. The van der Waals surface area contributed by atoms with Crippen LogP contribution in [-0.2, 0) is 0 Å². The summed E-state index contributed by atoms with van der Waals surface area (Å²) in [6, 6.07) is 17.0. The zero-order valence-corrected chi connectivity index (χ0v) is 18.2. The zero-order chi connectivity index (χ0) is 20.0. The molecule has 0 aliphatic carbocycles. The topological polar surface area (TPSA) is 18.5 Å². The highest BCUT2D eigenvalue weighted by Gasteiger charge is 2.14. The normalized spacial score (nSPS) is 11.0. The molecule has 0 bridgehead atoms. The van der Waals surface area contributed by atoms with Crippen molar-refractivity contribution < 1.29 is 9.47 Å². The fourth-order valence-corrected chi connectivity index (χ4v) is 3.89. The van der Waals surface area contributed by atoms with Crippen molar-refractivity contribution in [3.05, 3.63) is 59.7 Å². The summed E-state index contributed by atoms with van der Waals surface area (Å²) in [6.45, 7) is 0. The van der Waals surface area contributed by atoms with Gasteiger partial charge < -0.3 is 9.47 Å². The Morgan fingerprint density at radius 2 is 1.00 bits per heavy atom. The van der Waals surface area contributed by atoms with Gasteiger partial charge in [0.25, 0.3) is 0 Å². The lowest BCUT2D eigenvalue weighted by Gasteiger charge is -2.19. The van der Waals surface area contributed by atoms with Crippen LogP contribution in [0, 0.1) is 0 Å². The third-order valence-electron chi connectivity index (χ3n) is 5.41. The molecule has 0 unspecified atom stereocenters. The molecule has 0 heterocycles. The van der Waals surface area contributed by atoms with Crippen molar-refractivity contribution in [2.24, 2.45) is 0 Å². The second-order valence-corrected chi connectivity index (χ2v) is 7.78. The molecule has 2 nitrogen and oxygen atoms in total. The van der Waals surface area contributed by atoms with Crippen LogP contribution in [-0.4, -0.2) is 20.1 Å². The van der Waals surface area contributed by atoms with Crippen molar-refractivity contribution in [2.45, 2.75) is 63.7 Å². The van der Waals surface area contributed by atoms with Crippen molar-refractivity contribution in [1.82, 2.24) is 0 Å². The first kappa shape index (κ1) is 22.6. The molecule has 3 heteroatoms. The van der Waals surface area contributed by atoms with E-state index in [0.717, 1.165) is 23.8 Å². The Morgan fingerprint density at radius 1 is 0.607 bits per heavy atom. The molecule has 28 heavy (non-hydrogen) atoms. The zero-order valence-electron chi connectivity index (χ0n) is 17.5. The van der Waals surface area contributed by atoms with E-state index in [0.29, 0.717) is 5.92 Å². The molecular weight excluding hydrogens is 368 g/mol. The summed E-state index contributed by atoms with van der Waals surface area (Å²) in [5.74, 6) is 3.04. The summed E-state index contributed by atoms with van der Waals surface area (Å²) in [5.41, 5.74) is 2.71. The molecular formula is C25H35ClO2. The van der Waals surface area contributed by atoms with Gasteiger partial charge in [-0.25, -0.2) is 0 Å². The van der Waals surface area contributed by atoms with E-state index in [9.17, 15) is 0 Å². The fraction of sp³-hybridized carbons (Fsp3) is 0.520. The van der Waals surface area contributed by atoms with Gasteiger partial charge in [-0.15, -0.1) is 11.6 Å². The largest absolute Gasteiger partial charge is 0.497 e. The van der Waals surface area contributed by atoms with Gasteiger partial charge in [0.1, 0.15) is 11.5 Å². The Kier molecular flexibility index (Phi) is 10.9. The monoisotopic (exact) mass is 402 g/mol. The van der Waals surface area contributed by atoms with E-state index in [1.165, 1.54) is 62.5 Å². The summed E-state index contributed by atoms with van der Waals surface area (Å²) >= 11 is 5.73. The Morgan fingerprint density at radius 3 is 1.39 bits per heavy atom. The molecule has 2 rings (SSSR count). The second-order valence-electron chi connectivity index (χ2n) is 7.40. The number of hydrogen-bond acceptors (Lipinski definition) is 2. The second kappa shape index (κ2) is 13.5. The summed E-state index contributed by atoms with van der Waals surface area (Å²) < 4.78 is 10.6. The minimum atomic E-state index is 0.417. The Labute approximate surface area is 176 Å². The summed E-state index contributed by atoms with van der Waals surface area (Å²) in [5, 5.41) is 0. The van der Waals surface area contributed by atoms with Crippen molar-refractivity contribution in [2.75, 3.05) is 20.1 Å². The van der Waals surface area contributed by atoms with Gasteiger partial charge in [0.05, 0.1) is 14.2 Å². The molecule has 0 fully saturated rings. The van der Waals surface area contributed by atoms with Crippen LogP contribution in [0.3, 0.4) is 0 Å². The van der Waals surface area contributed by atoms with Gasteiger partial charge >= 0.3 is 0 Å². The molecule has 0 aliphatic rings. The number of ether oxygens (including phenoxy) is 2. The predicted molar refractivity (Wildman–Crippen MR) is 120 cm³/mol. The standard InChI is InChI=1S/C25H35ClO2/c1-27-23-16-12-21(13-17-23)25(22-14-18-24(28-2)19-15-22)11-9-7-5-3-4-6-8-10-20-26/h12-19,25H,3-11,20H2,1-2H3. The van der Waals surface area contributed by atoms with Crippen molar-refractivity contribution in [3.8, 4) is 11.5 Å². The third kappa shape index (κ3) is 7.75. The van der Waals surface area contributed by atoms with Crippen LogP contribution in [0.15, 0.2) is 48.5 Å². The van der Waals surface area contributed by atoms with Crippen LogP contribution in [0.25, 0.3) is 0 Å². The SMILES string of the molecule is COc1ccc(C(CCCCCCCCCCCl)c2ccc(OC)cc2)cc1. The fourth-order valence-electron chi connectivity index (χ4n) is 3.70. The number of unbranched alkanes of at least 4 members (excludes halogenated alkanes) is 7. The lowest BCUT2D eigenvalue weighted by atomic mass is 9.86. The van der Waals surface area contributed by atoms with Gasteiger partial charge in [-0.1, -0.05) is 69.2 Å². The molecule has 154 valence electrons. The molecule has 0 amide bonds. The van der Waals surface area contributed by atoms with Crippen LogP contribution in [0.5, 0.6) is 11.5 Å². The van der Waals surface area contributed by atoms with E-state index < -0.39 is 0 Å². The maximum atomic E-state index is 5.73. The van der Waals surface area contributed by atoms with E-state index >= 15 is 0 Å². The van der Waals surface area contributed by atoms with Gasteiger partial charge in [-0.3, -0.25) is 0 Å². The minimum Gasteiger partial charge on any atom is -0.497 e. The molecule has 0 N–H and O–H groups in total. The number of hydrogen-bond donors (Lipinski definition) is 0. The third-order valence-corrected chi connectivity index (χ3v) is 5.68. The Bertz CT molecular complexity index is 589. The Balaban J connectivity index is 1.89. The molecule has 0 aliphatic heterocycles. The lowest BCUT2D eigenvalue weighted by Crippen LogP contribution is -2.02. The van der Waals surface area contributed by atoms with Gasteiger partial charge in [0.2, 0.25) is 0 Å². The number of halogens is 1. The molecule has 0 radical (unpaired) electrons. The van der Waals surface area contributed by atoms with Gasteiger partial charge in [0, 0.05) is 11.8 Å². The first-order chi connectivity index (χ1) is 13.8. The average molecular weight is 403 g/mol. The quantitative estimate of drug-likeness (QED) is 0.239. The molecule has 0 spiro atoms. The highest BCUT2D eigenvalue weighted by molar-refractivity contribution is 6.17. The number of rotatable bonds is 14. The molecule has 0 saturated heterocycles. The van der Waals surface area contributed by atoms with Gasteiger partial charge in [0.15, 0.2) is 0 Å². The number of benzene rings is 2. The van der Waals surface area contributed by atoms with Crippen LogP contribution >= 0.6 is 11.6 Å². The van der Waals surface area contributed by atoms with E-state index in [1.807, 2.05) is 0 Å². The highest BCUT2D eigenvalue weighted by atomic mass is 35.5. The lowest BCUT2D eigenvalue weighted by molar-refractivity contribution is 0.414. The van der Waals surface area contributed by atoms with Crippen LogP contribution < -0.4 is 9.47 Å². The molecule has 2 aromatic carbocycles. The maximum Gasteiger partial charge on any atom is 0.118 e. The molecule has 0 saturated carbocycles. The van der Waals surface area contributed by atoms with E-state index in [4.69, 9.17) is 21.1 Å². The van der Waals surface area contributed by atoms with E-state index in [2.05, 4.69) is 48.5 Å². The summed E-state index contributed by atoms with van der Waals surface area (Å²) in [6.07, 6.45) is 11.5. The average Bonchev–Trinajstić information content (AvgIpc) is 2.75. The molecule has 0 atom stereocenters. The van der Waals surface area contributed by atoms with Gasteiger partial charge in [-0.2, -0.15) is 0 Å². The predicted octanol–water partition coefficient (Wildman–Crippen LogP) is 7.59. The summed E-state index contributed by atoms with van der Waals surface area (Å²) in [4.78, 5) is 0. The maximum absolute atomic E-state index is 5.73. The van der Waals surface area contributed by atoms with Crippen molar-refractivity contribution in [3.63, 3.8) is 0 Å². The van der Waals surface area contributed by atoms with E-state index in [1.54, 1.807) is 14.2 Å². The van der Waals surface area contributed by atoms with Gasteiger partial charge in [-0.05, 0) is 48.2 Å². The van der Waals surface area contributed by atoms with Crippen LogP contribution in [0.1, 0.15) is 74.8 Å². The molecule has 2 aromatic rings. The van der Waals surface area contributed by atoms with E-state index in [-0.39, 0.29) is 0 Å². The minimum absolute atomic E-state index is 0.417. The highest BCUT2D eigenvalue weighted by Crippen LogP contribution is 2.32. The van der Waals surface area contributed by atoms with Crippen LogP contribution in [0.2, 0.25) is 0 Å². The van der Waals surface area contributed by atoms with Crippen molar-refractivity contribution in [1.29, 1.82) is 0 Å². The Hall–Kier alpha value is -1.67. The first-order valence-corrected chi connectivity index (χ1v) is 11.2.